The molecule has 7 atom stereocenters. The molecule has 4 aliphatic carbocycles. The molecule has 4 aliphatic rings. The van der Waals surface area contributed by atoms with Crippen LogP contribution in [0.3, 0.4) is 0 Å². The lowest BCUT2D eigenvalue weighted by atomic mass is 9.43. The average Bonchev–Trinajstić information content (AvgIpc) is 2.73. The van der Waals surface area contributed by atoms with Crippen molar-refractivity contribution in [1.29, 1.82) is 0 Å². The van der Waals surface area contributed by atoms with Crippen molar-refractivity contribution in [2.45, 2.75) is 119 Å². The number of fused-ring (bicyclic) bond motifs is 4. The smallest absolute Gasteiger partial charge is 0.0769 e. The third-order valence-corrected chi connectivity index (χ3v) is 11.6. The van der Waals surface area contributed by atoms with E-state index in [0.717, 1.165) is 18.8 Å². The van der Waals surface area contributed by atoms with Gasteiger partial charge < -0.3 is 5.11 Å². The Kier molecular flexibility index (Phi) is 6.65. The zero-order valence-electron chi connectivity index (χ0n) is 23.1. The fourth-order valence-corrected chi connectivity index (χ4v) is 9.08. The molecule has 1 saturated carbocycles. The molecule has 0 saturated heterocycles. The SMILES string of the molecule is C=C(CC[C@@H](C)C1CCC=C2C3=C([C@@H](O)CC21C)C1(C)CC[C@H](C)C(C)(C)C1CC3)C(C)C. The third kappa shape index (κ3) is 3.93. The molecule has 186 valence electrons. The molecule has 0 aromatic carbocycles. The number of allylic oxidation sites excluding steroid dienone is 4. The van der Waals surface area contributed by atoms with Gasteiger partial charge in [-0.15, -0.1) is 0 Å². The number of aliphatic hydroxyl groups is 1. The van der Waals surface area contributed by atoms with E-state index in [0.29, 0.717) is 29.1 Å². The summed E-state index contributed by atoms with van der Waals surface area (Å²) in [7, 11) is 0. The van der Waals surface area contributed by atoms with Crippen LogP contribution < -0.4 is 0 Å². The van der Waals surface area contributed by atoms with Crippen LogP contribution in [0.5, 0.6) is 0 Å². The first-order chi connectivity index (χ1) is 15.3. The van der Waals surface area contributed by atoms with Gasteiger partial charge in [0.2, 0.25) is 0 Å². The van der Waals surface area contributed by atoms with Gasteiger partial charge in [-0.25, -0.2) is 0 Å². The van der Waals surface area contributed by atoms with Gasteiger partial charge in [0.25, 0.3) is 0 Å². The molecule has 0 bridgehead atoms. The van der Waals surface area contributed by atoms with E-state index in [-0.39, 0.29) is 16.9 Å². The topological polar surface area (TPSA) is 20.2 Å². The van der Waals surface area contributed by atoms with Crippen molar-refractivity contribution in [2.75, 3.05) is 0 Å². The fourth-order valence-electron chi connectivity index (χ4n) is 9.08. The Bertz CT molecular complexity index is 841. The molecule has 0 aromatic rings. The molecular weight excluding hydrogens is 400 g/mol. The lowest BCUT2D eigenvalue weighted by molar-refractivity contribution is -0.0506. The van der Waals surface area contributed by atoms with Gasteiger partial charge in [0, 0.05) is 0 Å². The zero-order chi connectivity index (χ0) is 24.3. The molecule has 1 nitrogen and oxygen atoms in total. The highest BCUT2D eigenvalue weighted by atomic mass is 16.3. The van der Waals surface area contributed by atoms with E-state index < -0.39 is 0 Å². The van der Waals surface area contributed by atoms with Crippen LogP contribution in [0.15, 0.2) is 34.9 Å². The van der Waals surface area contributed by atoms with E-state index >= 15 is 0 Å². The molecule has 1 N–H and O–H groups in total. The molecule has 0 heterocycles. The molecule has 0 radical (unpaired) electrons. The van der Waals surface area contributed by atoms with Gasteiger partial charge >= 0.3 is 0 Å². The summed E-state index contributed by atoms with van der Waals surface area (Å²) >= 11 is 0. The van der Waals surface area contributed by atoms with Crippen molar-refractivity contribution >= 4 is 0 Å². The minimum Gasteiger partial charge on any atom is -0.389 e. The average molecular weight is 453 g/mol. The van der Waals surface area contributed by atoms with Crippen molar-refractivity contribution in [3.63, 3.8) is 0 Å². The minimum atomic E-state index is -0.266. The van der Waals surface area contributed by atoms with Crippen molar-refractivity contribution in [3.8, 4) is 0 Å². The van der Waals surface area contributed by atoms with Gasteiger partial charge in [-0.2, -0.15) is 0 Å². The Labute approximate surface area is 205 Å². The largest absolute Gasteiger partial charge is 0.389 e. The van der Waals surface area contributed by atoms with Crippen LogP contribution in [0.2, 0.25) is 0 Å². The summed E-state index contributed by atoms with van der Waals surface area (Å²) in [6.45, 7) is 23.9. The Hall–Kier alpha value is -0.820. The molecule has 4 unspecified atom stereocenters. The van der Waals surface area contributed by atoms with Gasteiger partial charge in [-0.05, 0) is 120 Å². The van der Waals surface area contributed by atoms with E-state index in [4.69, 9.17) is 0 Å². The number of hydrogen-bond acceptors (Lipinski definition) is 1. The highest BCUT2D eigenvalue weighted by molar-refractivity contribution is 5.50. The molecule has 33 heavy (non-hydrogen) atoms. The maximum atomic E-state index is 11.8. The highest BCUT2D eigenvalue weighted by Gasteiger charge is 2.58. The first-order valence-electron chi connectivity index (χ1n) is 14.1. The van der Waals surface area contributed by atoms with Crippen LogP contribution in [0.1, 0.15) is 113 Å². The normalized spacial score (nSPS) is 41.1. The molecule has 0 aliphatic heterocycles. The van der Waals surface area contributed by atoms with Crippen molar-refractivity contribution in [3.05, 3.63) is 34.9 Å². The van der Waals surface area contributed by atoms with Crippen LogP contribution in [0.25, 0.3) is 0 Å². The fraction of sp³-hybridized carbons (Fsp3) is 0.812. The predicted octanol–water partition coefficient (Wildman–Crippen LogP) is 8.89. The lowest BCUT2D eigenvalue weighted by Crippen LogP contribution is -2.54. The van der Waals surface area contributed by atoms with Gasteiger partial charge in [0.05, 0.1) is 6.10 Å². The summed E-state index contributed by atoms with van der Waals surface area (Å²) in [6, 6.07) is 0. The molecule has 4 rings (SSSR count). The van der Waals surface area contributed by atoms with E-state index in [1.807, 2.05) is 0 Å². The second kappa shape index (κ2) is 8.69. The monoisotopic (exact) mass is 452 g/mol. The van der Waals surface area contributed by atoms with Crippen molar-refractivity contribution < 1.29 is 5.11 Å². The standard InChI is InChI=1S/C32H52O/c1-20(2)21(3)13-14-22(4)25-11-10-12-26-24-15-16-28-30(6,7)23(5)17-18-31(28,8)29(24)27(33)19-32(25,26)9/h12,20,22-23,25,27-28,33H,3,10-11,13-19H2,1-2,4-9H3/t22-,23+,25?,27+,28?,31?,32?/m1/s1. The molecular formula is C32H52O. The maximum Gasteiger partial charge on any atom is 0.0769 e. The summed E-state index contributed by atoms with van der Waals surface area (Å²) in [5.41, 5.74) is 6.72. The summed E-state index contributed by atoms with van der Waals surface area (Å²) in [5.74, 6) is 3.37. The van der Waals surface area contributed by atoms with Crippen molar-refractivity contribution in [2.24, 2.45) is 45.8 Å². The molecule has 0 amide bonds. The van der Waals surface area contributed by atoms with E-state index in [1.165, 1.54) is 56.1 Å². The van der Waals surface area contributed by atoms with E-state index in [1.54, 1.807) is 11.1 Å². The van der Waals surface area contributed by atoms with E-state index in [2.05, 4.69) is 68.0 Å². The van der Waals surface area contributed by atoms with Crippen molar-refractivity contribution in [1.82, 2.24) is 0 Å². The first-order valence-corrected chi connectivity index (χ1v) is 14.1. The highest BCUT2D eigenvalue weighted by Crippen LogP contribution is 2.67. The number of hydrogen-bond donors (Lipinski definition) is 1. The van der Waals surface area contributed by atoms with Gasteiger partial charge in [-0.3, -0.25) is 0 Å². The second-order valence-corrected chi connectivity index (χ2v) is 13.9. The lowest BCUT2D eigenvalue weighted by Gasteiger charge is -2.61. The number of aliphatic hydroxyl groups excluding tert-OH is 1. The Balaban J connectivity index is 1.67. The van der Waals surface area contributed by atoms with Gasteiger partial charge in [-0.1, -0.05) is 73.6 Å². The van der Waals surface area contributed by atoms with Crippen LogP contribution >= 0.6 is 0 Å². The maximum absolute atomic E-state index is 11.8. The summed E-state index contributed by atoms with van der Waals surface area (Å²) < 4.78 is 0. The van der Waals surface area contributed by atoms with Crippen LogP contribution in [0.4, 0.5) is 0 Å². The molecule has 0 spiro atoms. The Morgan fingerprint density at radius 3 is 2.45 bits per heavy atom. The number of rotatable bonds is 5. The molecule has 1 fully saturated rings. The molecule has 1 heteroatoms. The van der Waals surface area contributed by atoms with Crippen LogP contribution in [0, 0.1) is 45.8 Å². The van der Waals surface area contributed by atoms with Gasteiger partial charge in [0.1, 0.15) is 0 Å². The predicted molar refractivity (Wildman–Crippen MR) is 142 cm³/mol. The summed E-state index contributed by atoms with van der Waals surface area (Å²) in [4.78, 5) is 0. The Morgan fingerprint density at radius 1 is 1.09 bits per heavy atom. The van der Waals surface area contributed by atoms with Gasteiger partial charge in [0.15, 0.2) is 0 Å². The first kappa shape index (κ1) is 25.3. The summed E-state index contributed by atoms with van der Waals surface area (Å²) in [6.07, 6.45) is 13.1. The summed E-state index contributed by atoms with van der Waals surface area (Å²) in [5, 5.41) is 11.8. The molecule has 0 aromatic heterocycles. The van der Waals surface area contributed by atoms with E-state index in [9.17, 15) is 5.11 Å². The van der Waals surface area contributed by atoms with Crippen LogP contribution in [-0.4, -0.2) is 11.2 Å². The third-order valence-electron chi connectivity index (χ3n) is 11.6. The van der Waals surface area contributed by atoms with Crippen LogP contribution in [-0.2, 0) is 0 Å². The Morgan fingerprint density at radius 2 is 1.79 bits per heavy atom. The quantitative estimate of drug-likeness (QED) is 0.413. The minimum absolute atomic E-state index is 0.121. The zero-order valence-corrected chi connectivity index (χ0v) is 23.1. The second-order valence-electron chi connectivity index (χ2n) is 13.9.